The number of carboxylic acids is 1. The van der Waals surface area contributed by atoms with Gasteiger partial charge in [-0.2, -0.15) is 4.98 Å². The number of carbonyl (C=O) groups is 1. The normalized spacial score (nSPS) is 12.3. The highest BCUT2D eigenvalue weighted by molar-refractivity contribution is 5.75. The van der Waals surface area contributed by atoms with Crippen molar-refractivity contribution in [1.82, 2.24) is 20.0 Å². The van der Waals surface area contributed by atoms with Gasteiger partial charge in [-0.3, -0.25) is 14.7 Å². The summed E-state index contributed by atoms with van der Waals surface area (Å²) < 4.78 is 18.7. The van der Waals surface area contributed by atoms with E-state index in [-0.39, 0.29) is 18.3 Å². The van der Waals surface area contributed by atoms with Crippen LogP contribution in [0.1, 0.15) is 23.1 Å². The summed E-state index contributed by atoms with van der Waals surface area (Å²) in [4.78, 5) is 21.5. The number of aliphatic carboxylic acids is 1. The van der Waals surface area contributed by atoms with Gasteiger partial charge < -0.3 is 9.63 Å². The van der Waals surface area contributed by atoms with E-state index in [1.807, 2.05) is 0 Å². The molecule has 0 aliphatic rings. The second-order valence-corrected chi connectivity index (χ2v) is 5.91. The molecule has 1 N–H and O–H groups in total. The second kappa shape index (κ2) is 7.40. The number of carboxylic acid groups (broad SMARTS) is 1. The van der Waals surface area contributed by atoms with Crippen LogP contribution in [0.25, 0.3) is 11.4 Å². The molecule has 0 saturated heterocycles. The summed E-state index contributed by atoms with van der Waals surface area (Å²) in [6.45, 7) is 1.72. The van der Waals surface area contributed by atoms with Crippen LogP contribution in [0.2, 0.25) is 0 Å². The molecular weight excluding hydrogens is 339 g/mol. The van der Waals surface area contributed by atoms with Gasteiger partial charge in [0, 0.05) is 18.0 Å². The molecule has 0 amide bonds. The molecule has 134 valence electrons. The number of rotatable bonds is 6. The molecule has 0 bridgehead atoms. The molecule has 0 saturated carbocycles. The number of pyridine rings is 1. The Morgan fingerprint density at radius 2 is 2.04 bits per heavy atom. The number of halogens is 1. The van der Waals surface area contributed by atoms with Gasteiger partial charge in [-0.25, -0.2) is 4.39 Å². The Balaban J connectivity index is 1.80. The van der Waals surface area contributed by atoms with Crippen molar-refractivity contribution in [1.29, 1.82) is 0 Å². The van der Waals surface area contributed by atoms with Crippen LogP contribution >= 0.6 is 0 Å². The highest BCUT2D eigenvalue weighted by Crippen LogP contribution is 2.24. The van der Waals surface area contributed by atoms with E-state index in [1.54, 1.807) is 43.4 Å². The number of hydrogen-bond donors (Lipinski definition) is 1. The lowest BCUT2D eigenvalue weighted by Crippen LogP contribution is -2.30. The Hall–Kier alpha value is -3.13. The smallest absolute Gasteiger partial charge is 0.325 e. The molecule has 0 fully saturated rings. The summed E-state index contributed by atoms with van der Waals surface area (Å²) in [7, 11) is 1.63. The molecule has 26 heavy (non-hydrogen) atoms. The maximum Gasteiger partial charge on any atom is 0.325 e. The molecule has 1 atom stereocenters. The molecule has 3 rings (SSSR count). The zero-order chi connectivity index (χ0) is 18.7. The van der Waals surface area contributed by atoms with Crippen LogP contribution in [0, 0.1) is 12.7 Å². The fraction of sp³-hybridized carbons (Fsp3) is 0.222. The van der Waals surface area contributed by atoms with Crippen LogP contribution in [-0.2, 0) is 11.3 Å². The van der Waals surface area contributed by atoms with Crippen LogP contribution in [-0.4, -0.2) is 38.1 Å². The minimum absolute atomic E-state index is 0.130. The number of aryl methyl sites for hydroxylation is 1. The van der Waals surface area contributed by atoms with E-state index in [0.717, 1.165) is 5.56 Å². The van der Waals surface area contributed by atoms with Crippen molar-refractivity contribution in [3.05, 3.63) is 65.6 Å². The van der Waals surface area contributed by atoms with E-state index in [0.29, 0.717) is 17.0 Å². The topological polar surface area (TPSA) is 92.3 Å². The average Bonchev–Trinajstić information content (AvgIpc) is 3.07. The van der Waals surface area contributed by atoms with Gasteiger partial charge in [0.25, 0.3) is 0 Å². The molecule has 2 heterocycles. The predicted octanol–water partition coefficient (Wildman–Crippen LogP) is 2.84. The Labute approximate surface area is 149 Å². The first-order valence-corrected chi connectivity index (χ1v) is 7.88. The molecule has 0 radical (unpaired) electrons. The maximum absolute atomic E-state index is 13.5. The zero-order valence-electron chi connectivity index (χ0n) is 14.3. The van der Waals surface area contributed by atoms with Crippen molar-refractivity contribution in [2.75, 3.05) is 7.05 Å². The van der Waals surface area contributed by atoms with E-state index < -0.39 is 12.0 Å². The van der Waals surface area contributed by atoms with Gasteiger partial charge in [-0.05, 0) is 43.3 Å². The summed E-state index contributed by atoms with van der Waals surface area (Å²) in [5, 5.41) is 13.5. The molecule has 1 aromatic carbocycles. The third kappa shape index (κ3) is 3.75. The van der Waals surface area contributed by atoms with Gasteiger partial charge in [0.1, 0.15) is 11.9 Å². The Morgan fingerprint density at radius 3 is 2.69 bits per heavy atom. The Morgan fingerprint density at radius 1 is 1.31 bits per heavy atom. The number of nitrogens with zero attached hydrogens (tertiary/aromatic N) is 4. The van der Waals surface area contributed by atoms with E-state index in [2.05, 4.69) is 15.1 Å². The summed E-state index contributed by atoms with van der Waals surface area (Å²) in [5.74, 6) is -0.739. The van der Waals surface area contributed by atoms with E-state index in [1.165, 1.54) is 18.2 Å². The number of benzene rings is 1. The summed E-state index contributed by atoms with van der Waals surface area (Å²) in [5.41, 5.74) is 1.62. The Kier molecular flexibility index (Phi) is 5.04. The summed E-state index contributed by atoms with van der Waals surface area (Å²) in [6, 6.07) is 6.79. The predicted molar refractivity (Wildman–Crippen MR) is 90.5 cm³/mol. The highest BCUT2D eigenvalue weighted by atomic mass is 19.1. The Bertz CT molecular complexity index is 914. The minimum atomic E-state index is -1.05. The van der Waals surface area contributed by atoms with E-state index in [4.69, 9.17) is 4.52 Å². The SMILES string of the molecule is Cc1cc([C@@H](C(=O)O)N(C)Cc2nc(-c3ccncc3)no2)ccc1F. The first-order valence-electron chi connectivity index (χ1n) is 7.88. The molecule has 0 aliphatic heterocycles. The van der Waals surface area contributed by atoms with Crippen LogP contribution in [0.5, 0.6) is 0 Å². The number of likely N-dealkylation sites (N-methyl/N-ethyl adjacent to an activating group) is 1. The van der Waals surface area contributed by atoms with Gasteiger partial charge >= 0.3 is 5.97 Å². The molecule has 7 nitrogen and oxygen atoms in total. The van der Waals surface area contributed by atoms with Crippen LogP contribution in [0.3, 0.4) is 0 Å². The van der Waals surface area contributed by atoms with Crippen molar-refractivity contribution in [3.8, 4) is 11.4 Å². The number of hydrogen-bond acceptors (Lipinski definition) is 6. The zero-order valence-corrected chi connectivity index (χ0v) is 14.3. The lowest BCUT2D eigenvalue weighted by molar-refractivity contribution is -0.143. The van der Waals surface area contributed by atoms with Gasteiger partial charge in [0.2, 0.25) is 11.7 Å². The fourth-order valence-electron chi connectivity index (χ4n) is 2.67. The lowest BCUT2D eigenvalue weighted by atomic mass is 10.0. The average molecular weight is 356 g/mol. The van der Waals surface area contributed by atoms with Crippen molar-refractivity contribution in [2.45, 2.75) is 19.5 Å². The minimum Gasteiger partial charge on any atom is -0.480 e. The lowest BCUT2D eigenvalue weighted by Gasteiger charge is -2.23. The molecule has 8 heteroatoms. The summed E-state index contributed by atoms with van der Waals surface area (Å²) >= 11 is 0. The van der Waals surface area contributed by atoms with Gasteiger partial charge in [0.05, 0.1) is 6.54 Å². The van der Waals surface area contributed by atoms with E-state index >= 15 is 0 Å². The van der Waals surface area contributed by atoms with Crippen LogP contribution < -0.4 is 0 Å². The quantitative estimate of drug-likeness (QED) is 0.726. The standard InChI is InChI=1S/C18H17FN4O3/c1-11-9-13(3-4-14(11)19)16(18(24)25)23(2)10-15-21-17(22-26-15)12-5-7-20-8-6-12/h3-9,16H,10H2,1-2H3,(H,24,25)/t16-/m0/s1. The number of aromatic nitrogens is 3. The third-order valence-corrected chi connectivity index (χ3v) is 3.96. The highest BCUT2D eigenvalue weighted by Gasteiger charge is 2.26. The van der Waals surface area contributed by atoms with Crippen molar-refractivity contribution >= 4 is 5.97 Å². The largest absolute Gasteiger partial charge is 0.480 e. The molecular formula is C18H17FN4O3. The monoisotopic (exact) mass is 356 g/mol. The van der Waals surface area contributed by atoms with Gasteiger partial charge in [0.15, 0.2) is 0 Å². The summed E-state index contributed by atoms with van der Waals surface area (Å²) in [6.07, 6.45) is 3.24. The van der Waals surface area contributed by atoms with Crippen molar-refractivity contribution in [2.24, 2.45) is 0 Å². The van der Waals surface area contributed by atoms with Crippen LogP contribution in [0.15, 0.2) is 47.2 Å². The fourth-order valence-corrected chi connectivity index (χ4v) is 2.67. The second-order valence-electron chi connectivity index (χ2n) is 5.91. The van der Waals surface area contributed by atoms with Gasteiger partial charge in [-0.1, -0.05) is 17.3 Å². The van der Waals surface area contributed by atoms with Crippen LogP contribution in [0.4, 0.5) is 4.39 Å². The van der Waals surface area contributed by atoms with Crippen molar-refractivity contribution < 1.29 is 18.8 Å². The first kappa shape index (κ1) is 17.7. The first-order chi connectivity index (χ1) is 12.5. The molecule has 0 spiro atoms. The van der Waals surface area contributed by atoms with Gasteiger partial charge in [-0.15, -0.1) is 0 Å². The molecule has 2 aromatic heterocycles. The molecule has 0 aliphatic carbocycles. The van der Waals surface area contributed by atoms with E-state index in [9.17, 15) is 14.3 Å². The molecule has 0 unspecified atom stereocenters. The third-order valence-electron chi connectivity index (χ3n) is 3.96. The molecule has 3 aromatic rings. The van der Waals surface area contributed by atoms with Crippen molar-refractivity contribution in [3.63, 3.8) is 0 Å². The maximum atomic E-state index is 13.5.